The van der Waals surface area contributed by atoms with E-state index in [1.165, 1.54) is 0 Å². The average Bonchev–Trinajstić information content (AvgIpc) is 3.31. The van der Waals surface area contributed by atoms with Crippen LogP contribution in [0.15, 0.2) is 43.0 Å². The zero-order valence-electron chi connectivity index (χ0n) is 17.4. The summed E-state index contributed by atoms with van der Waals surface area (Å²) in [5.41, 5.74) is 1.06. The normalized spacial score (nSPS) is 25.6. The molecule has 1 N–H and O–H groups in total. The summed E-state index contributed by atoms with van der Waals surface area (Å²) >= 11 is 6.52. The van der Waals surface area contributed by atoms with Gasteiger partial charge in [0.05, 0.1) is 18.1 Å². The molecule has 2 fully saturated rings. The Bertz CT molecular complexity index is 1050. The van der Waals surface area contributed by atoms with Gasteiger partial charge in [0, 0.05) is 56.5 Å². The third kappa shape index (κ3) is 3.15. The van der Waals surface area contributed by atoms with Crippen LogP contribution in [-0.2, 0) is 7.05 Å². The third-order valence-electron chi connectivity index (χ3n) is 6.58. The van der Waals surface area contributed by atoms with E-state index in [0.29, 0.717) is 11.0 Å². The van der Waals surface area contributed by atoms with E-state index in [2.05, 4.69) is 50.1 Å². The molecule has 0 radical (unpaired) electrons. The number of fused-ring (bicyclic) bond motifs is 1. The fraction of sp³-hybridized carbons (Fsp3) is 0.429. The Labute approximate surface area is 180 Å². The van der Waals surface area contributed by atoms with Crippen LogP contribution in [0.25, 0.3) is 0 Å². The van der Waals surface area contributed by atoms with Crippen molar-refractivity contribution in [1.29, 1.82) is 0 Å². The lowest BCUT2D eigenvalue weighted by Crippen LogP contribution is -2.34. The molecule has 2 unspecified atom stereocenters. The lowest BCUT2D eigenvalue weighted by Gasteiger charge is -2.29. The van der Waals surface area contributed by atoms with Gasteiger partial charge in [-0.2, -0.15) is 10.1 Å². The zero-order valence-corrected chi connectivity index (χ0v) is 18.1. The molecule has 2 saturated heterocycles. The molecule has 8 nitrogen and oxygen atoms in total. The number of halogens is 1. The number of pyridine rings is 1. The van der Waals surface area contributed by atoms with Gasteiger partial charge >= 0.3 is 0 Å². The van der Waals surface area contributed by atoms with Crippen molar-refractivity contribution < 1.29 is 0 Å². The Morgan fingerprint density at radius 3 is 2.37 bits per heavy atom. The van der Waals surface area contributed by atoms with Crippen molar-refractivity contribution in [3.8, 4) is 0 Å². The molecule has 2 aliphatic rings. The molecule has 0 amide bonds. The second kappa shape index (κ2) is 6.84. The molecule has 0 spiro atoms. The minimum Gasteiger partial charge on any atom is -0.355 e. The van der Waals surface area contributed by atoms with Crippen molar-refractivity contribution in [2.24, 2.45) is 17.9 Å². The Kier molecular flexibility index (Phi) is 4.36. The van der Waals surface area contributed by atoms with Crippen molar-refractivity contribution in [2.45, 2.75) is 13.8 Å². The van der Waals surface area contributed by atoms with Crippen LogP contribution < -0.4 is 15.1 Å². The summed E-state index contributed by atoms with van der Waals surface area (Å²) in [5, 5.41) is 7.95. The van der Waals surface area contributed by atoms with Gasteiger partial charge in [0.2, 0.25) is 5.95 Å². The van der Waals surface area contributed by atoms with E-state index < -0.39 is 0 Å². The Morgan fingerprint density at radius 2 is 1.73 bits per heavy atom. The summed E-state index contributed by atoms with van der Waals surface area (Å²) in [7, 11) is 1.87. The SMILES string of the molecule is Cn1cc(Nc2ncc(Cl)c(N3CC4(C)CN(c5ccccn5)CC4(C)C3)n2)cn1. The Balaban J connectivity index is 1.38. The van der Waals surface area contributed by atoms with Crippen molar-refractivity contribution >= 4 is 34.9 Å². The molecule has 5 rings (SSSR count). The van der Waals surface area contributed by atoms with Gasteiger partial charge in [-0.3, -0.25) is 4.68 Å². The molecule has 5 heterocycles. The Morgan fingerprint density at radius 1 is 1.00 bits per heavy atom. The fourth-order valence-corrected chi connectivity index (χ4v) is 4.98. The van der Waals surface area contributed by atoms with Crippen molar-refractivity contribution in [2.75, 3.05) is 41.3 Å². The smallest absolute Gasteiger partial charge is 0.229 e. The van der Waals surface area contributed by atoms with E-state index in [0.717, 1.165) is 43.5 Å². The quantitative estimate of drug-likeness (QED) is 0.688. The first-order valence-corrected chi connectivity index (χ1v) is 10.4. The van der Waals surface area contributed by atoms with E-state index in [-0.39, 0.29) is 10.8 Å². The second-order valence-corrected chi connectivity index (χ2v) is 9.32. The predicted octanol–water partition coefficient (Wildman–Crippen LogP) is 3.35. The highest BCUT2D eigenvalue weighted by molar-refractivity contribution is 6.32. The molecule has 0 saturated carbocycles. The van der Waals surface area contributed by atoms with E-state index in [9.17, 15) is 0 Å². The number of hydrogen-bond acceptors (Lipinski definition) is 7. The van der Waals surface area contributed by atoms with Gasteiger partial charge in [0.15, 0.2) is 5.82 Å². The monoisotopic (exact) mass is 424 g/mol. The average molecular weight is 425 g/mol. The van der Waals surface area contributed by atoms with Crippen molar-refractivity contribution in [3.05, 3.63) is 48.0 Å². The number of aromatic nitrogens is 5. The molecule has 30 heavy (non-hydrogen) atoms. The lowest BCUT2D eigenvalue weighted by atomic mass is 9.71. The van der Waals surface area contributed by atoms with Crippen LogP contribution in [0.3, 0.4) is 0 Å². The van der Waals surface area contributed by atoms with E-state index in [4.69, 9.17) is 16.6 Å². The summed E-state index contributed by atoms with van der Waals surface area (Å²) < 4.78 is 1.73. The number of nitrogens with zero attached hydrogens (tertiary/aromatic N) is 7. The molecular formula is C21H25ClN8. The minimum absolute atomic E-state index is 0.107. The van der Waals surface area contributed by atoms with E-state index in [1.807, 2.05) is 31.6 Å². The highest BCUT2D eigenvalue weighted by Gasteiger charge is 2.58. The third-order valence-corrected chi connectivity index (χ3v) is 6.84. The van der Waals surface area contributed by atoms with Crippen LogP contribution >= 0.6 is 11.6 Å². The molecule has 0 aliphatic carbocycles. The number of rotatable bonds is 4. The number of nitrogens with one attached hydrogen (secondary N) is 1. The van der Waals surface area contributed by atoms with Gasteiger partial charge in [-0.1, -0.05) is 31.5 Å². The molecule has 0 aromatic carbocycles. The lowest BCUT2D eigenvalue weighted by molar-refractivity contribution is 0.212. The summed E-state index contributed by atoms with van der Waals surface area (Å²) in [6, 6.07) is 6.09. The standard InChI is InChI=1S/C21H25ClN8/c1-20-11-29(17-6-4-5-7-23-17)12-21(20,2)14-30(13-20)18-16(22)9-24-19(27-18)26-15-8-25-28(3)10-15/h4-10H,11-14H2,1-3H3,(H,24,26,27). The summed E-state index contributed by atoms with van der Waals surface area (Å²) in [4.78, 5) is 18.3. The van der Waals surface area contributed by atoms with Crippen molar-refractivity contribution in [3.63, 3.8) is 0 Å². The molecule has 2 atom stereocenters. The maximum atomic E-state index is 6.52. The van der Waals surface area contributed by atoms with Crippen LogP contribution in [0.4, 0.5) is 23.3 Å². The van der Waals surface area contributed by atoms with Gasteiger partial charge in [0.25, 0.3) is 0 Å². The Hall–Kier alpha value is -2.87. The largest absolute Gasteiger partial charge is 0.355 e. The number of hydrogen-bond donors (Lipinski definition) is 1. The van der Waals surface area contributed by atoms with Crippen LogP contribution in [0.2, 0.25) is 5.02 Å². The summed E-state index contributed by atoms with van der Waals surface area (Å²) in [6.07, 6.45) is 7.15. The van der Waals surface area contributed by atoms with Gasteiger partial charge in [-0.25, -0.2) is 9.97 Å². The van der Waals surface area contributed by atoms with Gasteiger partial charge in [-0.05, 0) is 12.1 Å². The van der Waals surface area contributed by atoms with Crippen LogP contribution in [0, 0.1) is 10.8 Å². The van der Waals surface area contributed by atoms with E-state index >= 15 is 0 Å². The molecule has 9 heteroatoms. The molecular weight excluding hydrogens is 400 g/mol. The topological polar surface area (TPSA) is 75.0 Å². The second-order valence-electron chi connectivity index (χ2n) is 8.91. The van der Waals surface area contributed by atoms with Crippen LogP contribution in [0.5, 0.6) is 0 Å². The van der Waals surface area contributed by atoms with Crippen LogP contribution in [-0.4, -0.2) is 50.9 Å². The summed E-state index contributed by atoms with van der Waals surface area (Å²) in [5.74, 6) is 2.34. The maximum absolute atomic E-state index is 6.52. The molecule has 156 valence electrons. The summed E-state index contributed by atoms with van der Waals surface area (Å²) in [6.45, 7) is 8.41. The first-order chi connectivity index (χ1) is 14.4. The van der Waals surface area contributed by atoms with Gasteiger partial charge < -0.3 is 15.1 Å². The van der Waals surface area contributed by atoms with Gasteiger partial charge in [0.1, 0.15) is 10.8 Å². The number of anilines is 4. The predicted molar refractivity (Wildman–Crippen MR) is 118 cm³/mol. The number of aryl methyl sites for hydroxylation is 1. The molecule has 0 bridgehead atoms. The highest BCUT2D eigenvalue weighted by Crippen LogP contribution is 2.53. The van der Waals surface area contributed by atoms with E-state index in [1.54, 1.807) is 17.1 Å². The van der Waals surface area contributed by atoms with Crippen molar-refractivity contribution in [1.82, 2.24) is 24.7 Å². The molecule has 2 aliphatic heterocycles. The maximum Gasteiger partial charge on any atom is 0.229 e. The van der Waals surface area contributed by atoms with Gasteiger partial charge in [-0.15, -0.1) is 0 Å². The molecule has 3 aromatic heterocycles. The minimum atomic E-state index is 0.107. The first kappa shape index (κ1) is 19.1. The zero-order chi connectivity index (χ0) is 20.9. The first-order valence-electron chi connectivity index (χ1n) is 10.0. The highest BCUT2D eigenvalue weighted by atomic mass is 35.5. The fourth-order valence-electron chi connectivity index (χ4n) is 4.77. The van der Waals surface area contributed by atoms with Crippen LogP contribution in [0.1, 0.15) is 13.8 Å². The molecule has 3 aromatic rings.